The molecule has 1 aromatic heterocycles. The third-order valence-electron chi connectivity index (χ3n) is 2.18. The van der Waals surface area contributed by atoms with E-state index < -0.39 is 0 Å². The summed E-state index contributed by atoms with van der Waals surface area (Å²) < 4.78 is 0. The van der Waals surface area contributed by atoms with E-state index in [1.54, 1.807) is 17.4 Å². The highest BCUT2D eigenvalue weighted by Crippen LogP contribution is 2.28. The Morgan fingerprint density at radius 2 is 2.12 bits per heavy atom. The standard InChI is InChI=1S/C11H10Cl2N2S/c1-7(11-5-14-6-16-11)15-8-2-3-9(12)10(13)4-8/h2-7,15H,1H3. The zero-order valence-corrected chi connectivity index (χ0v) is 10.9. The van der Waals surface area contributed by atoms with Gasteiger partial charge in [-0.1, -0.05) is 23.2 Å². The largest absolute Gasteiger partial charge is 0.378 e. The second kappa shape index (κ2) is 5.04. The Hall–Kier alpha value is -0.770. The van der Waals surface area contributed by atoms with Gasteiger partial charge in [-0.15, -0.1) is 11.3 Å². The molecule has 1 heterocycles. The minimum atomic E-state index is 0.213. The van der Waals surface area contributed by atoms with Crippen molar-refractivity contribution in [1.82, 2.24) is 4.98 Å². The quantitative estimate of drug-likeness (QED) is 0.882. The smallest absolute Gasteiger partial charge is 0.0795 e. The molecule has 0 amide bonds. The fourth-order valence-electron chi connectivity index (χ4n) is 1.35. The minimum Gasteiger partial charge on any atom is -0.378 e. The molecular formula is C11H10Cl2N2S. The first-order chi connectivity index (χ1) is 7.66. The number of rotatable bonds is 3. The Labute approximate surface area is 108 Å². The zero-order chi connectivity index (χ0) is 11.5. The maximum atomic E-state index is 5.94. The van der Waals surface area contributed by atoms with Gasteiger partial charge >= 0.3 is 0 Å². The van der Waals surface area contributed by atoms with E-state index in [9.17, 15) is 0 Å². The Morgan fingerprint density at radius 1 is 1.31 bits per heavy atom. The van der Waals surface area contributed by atoms with Gasteiger partial charge in [0, 0.05) is 16.8 Å². The van der Waals surface area contributed by atoms with Crippen molar-refractivity contribution in [3.63, 3.8) is 0 Å². The number of thiazole rings is 1. The second-order valence-electron chi connectivity index (χ2n) is 3.40. The number of benzene rings is 1. The number of hydrogen-bond acceptors (Lipinski definition) is 3. The number of nitrogens with one attached hydrogen (secondary N) is 1. The third-order valence-corrected chi connectivity index (χ3v) is 3.88. The first kappa shape index (κ1) is 11.7. The maximum absolute atomic E-state index is 5.94. The van der Waals surface area contributed by atoms with Gasteiger partial charge < -0.3 is 5.32 Å². The van der Waals surface area contributed by atoms with Gasteiger partial charge in [-0.05, 0) is 25.1 Å². The van der Waals surface area contributed by atoms with Crippen LogP contribution in [0, 0.1) is 0 Å². The van der Waals surface area contributed by atoms with Crippen LogP contribution >= 0.6 is 34.5 Å². The van der Waals surface area contributed by atoms with E-state index in [1.807, 2.05) is 23.8 Å². The monoisotopic (exact) mass is 272 g/mol. The molecule has 1 N–H and O–H groups in total. The summed E-state index contributed by atoms with van der Waals surface area (Å²) in [6.07, 6.45) is 1.86. The fraction of sp³-hybridized carbons (Fsp3) is 0.182. The zero-order valence-electron chi connectivity index (χ0n) is 8.58. The van der Waals surface area contributed by atoms with E-state index in [0.29, 0.717) is 10.0 Å². The number of halogens is 2. The summed E-state index contributed by atoms with van der Waals surface area (Å²) in [5.41, 5.74) is 2.78. The van der Waals surface area contributed by atoms with E-state index >= 15 is 0 Å². The van der Waals surface area contributed by atoms with Crippen LogP contribution in [-0.4, -0.2) is 4.98 Å². The molecule has 0 aliphatic heterocycles. The SMILES string of the molecule is CC(Nc1ccc(Cl)c(Cl)c1)c1cncs1. The van der Waals surface area contributed by atoms with Crippen molar-refractivity contribution >= 4 is 40.2 Å². The fourth-order valence-corrected chi connectivity index (χ4v) is 2.27. The lowest BCUT2D eigenvalue weighted by Crippen LogP contribution is -2.04. The molecule has 1 unspecified atom stereocenters. The summed E-state index contributed by atoms with van der Waals surface area (Å²) in [4.78, 5) is 5.23. The summed E-state index contributed by atoms with van der Waals surface area (Å²) in [7, 11) is 0. The summed E-state index contributed by atoms with van der Waals surface area (Å²) in [6.45, 7) is 2.08. The molecule has 2 rings (SSSR count). The Kier molecular flexibility index (Phi) is 3.69. The molecule has 2 aromatic rings. The predicted octanol–water partition coefficient (Wildman–Crippen LogP) is 4.62. The van der Waals surface area contributed by atoms with Gasteiger partial charge in [-0.2, -0.15) is 0 Å². The van der Waals surface area contributed by atoms with Crippen molar-refractivity contribution in [3.05, 3.63) is 44.8 Å². The molecule has 84 valence electrons. The molecule has 0 saturated carbocycles. The highest BCUT2D eigenvalue weighted by molar-refractivity contribution is 7.09. The molecule has 0 saturated heterocycles. The second-order valence-corrected chi connectivity index (χ2v) is 5.13. The molecule has 2 nitrogen and oxygen atoms in total. The van der Waals surface area contributed by atoms with Crippen LogP contribution in [0.4, 0.5) is 5.69 Å². The van der Waals surface area contributed by atoms with Crippen molar-refractivity contribution in [1.29, 1.82) is 0 Å². The van der Waals surface area contributed by atoms with Crippen LogP contribution in [0.3, 0.4) is 0 Å². The van der Waals surface area contributed by atoms with Crippen LogP contribution in [-0.2, 0) is 0 Å². The number of hydrogen-bond donors (Lipinski definition) is 1. The lowest BCUT2D eigenvalue weighted by atomic mass is 10.2. The van der Waals surface area contributed by atoms with Crippen molar-refractivity contribution in [3.8, 4) is 0 Å². The van der Waals surface area contributed by atoms with E-state index in [2.05, 4.69) is 17.2 Å². The van der Waals surface area contributed by atoms with E-state index in [1.165, 1.54) is 4.88 Å². The van der Waals surface area contributed by atoms with Crippen molar-refractivity contribution in [2.45, 2.75) is 13.0 Å². The van der Waals surface area contributed by atoms with Gasteiger partial charge in [0.05, 0.1) is 21.6 Å². The molecule has 5 heteroatoms. The molecule has 1 aromatic carbocycles. The topological polar surface area (TPSA) is 24.9 Å². The van der Waals surface area contributed by atoms with Crippen molar-refractivity contribution in [2.24, 2.45) is 0 Å². The first-order valence-electron chi connectivity index (χ1n) is 4.77. The van der Waals surface area contributed by atoms with Gasteiger partial charge in [0.25, 0.3) is 0 Å². The van der Waals surface area contributed by atoms with Gasteiger partial charge in [0.15, 0.2) is 0 Å². The molecular weight excluding hydrogens is 263 g/mol. The summed E-state index contributed by atoms with van der Waals surface area (Å²) in [5, 5.41) is 4.47. The van der Waals surface area contributed by atoms with Crippen LogP contribution in [0.5, 0.6) is 0 Å². The van der Waals surface area contributed by atoms with Gasteiger partial charge in [0.1, 0.15) is 0 Å². The average molecular weight is 273 g/mol. The van der Waals surface area contributed by atoms with Crippen LogP contribution < -0.4 is 5.32 Å². The Bertz CT molecular complexity index is 471. The Balaban J connectivity index is 2.12. The molecule has 0 radical (unpaired) electrons. The lowest BCUT2D eigenvalue weighted by Gasteiger charge is -2.13. The van der Waals surface area contributed by atoms with E-state index in [-0.39, 0.29) is 6.04 Å². The number of nitrogens with zero attached hydrogens (tertiary/aromatic N) is 1. The molecule has 0 aliphatic carbocycles. The van der Waals surface area contributed by atoms with Crippen LogP contribution in [0.25, 0.3) is 0 Å². The van der Waals surface area contributed by atoms with E-state index in [0.717, 1.165) is 5.69 Å². The third kappa shape index (κ3) is 2.67. The maximum Gasteiger partial charge on any atom is 0.0795 e. The Morgan fingerprint density at radius 3 is 2.75 bits per heavy atom. The van der Waals surface area contributed by atoms with Crippen LogP contribution in [0.2, 0.25) is 10.0 Å². The highest BCUT2D eigenvalue weighted by atomic mass is 35.5. The lowest BCUT2D eigenvalue weighted by molar-refractivity contribution is 0.904. The van der Waals surface area contributed by atoms with Crippen molar-refractivity contribution < 1.29 is 0 Å². The molecule has 0 bridgehead atoms. The molecule has 0 spiro atoms. The van der Waals surface area contributed by atoms with Gasteiger partial charge in [0.2, 0.25) is 0 Å². The van der Waals surface area contributed by atoms with Crippen molar-refractivity contribution in [2.75, 3.05) is 5.32 Å². The minimum absolute atomic E-state index is 0.213. The average Bonchev–Trinajstić information content (AvgIpc) is 2.77. The highest BCUT2D eigenvalue weighted by Gasteiger charge is 2.07. The first-order valence-corrected chi connectivity index (χ1v) is 6.40. The van der Waals surface area contributed by atoms with Crippen LogP contribution in [0.15, 0.2) is 29.9 Å². The van der Waals surface area contributed by atoms with E-state index in [4.69, 9.17) is 23.2 Å². The molecule has 0 fully saturated rings. The van der Waals surface area contributed by atoms with Crippen LogP contribution in [0.1, 0.15) is 17.8 Å². The predicted molar refractivity (Wildman–Crippen MR) is 70.6 cm³/mol. The molecule has 0 aliphatic rings. The normalized spacial score (nSPS) is 12.4. The summed E-state index contributed by atoms with van der Waals surface area (Å²) in [5.74, 6) is 0. The van der Waals surface area contributed by atoms with Gasteiger partial charge in [-0.3, -0.25) is 4.98 Å². The summed E-state index contributed by atoms with van der Waals surface area (Å²) >= 11 is 13.4. The summed E-state index contributed by atoms with van der Waals surface area (Å²) in [6, 6.07) is 5.73. The van der Waals surface area contributed by atoms with Gasteiger partial charge in [-0.25, -0.2) is 0 Å². The number of aromatic nitrogens is 1. The number of anilines is 1. The molecule has 1 atom stereocenters. The molecule has 16 heavy (non-hydrogen) atoms.